The molecule has 0 heterocycles. The zero-order chi connectivity index (χ0) is 10.2. The van der Waals surface area contributed by atoms with E-state index < -0.39 is 0 Å². The van der Waals surface area contributed by atoms with Crippen molar-refractivity contribution < 1.29 is 0 Å². The minimum absolute atomic E-state index is 1.04. The van der Waals surface area contributed by atoms with Gasteiger partial charge in [-0.25, -0.2) is 0 Å². The fraction of sp³-hybridized carbons (Fsp3) is 1.00. The van der Waals surface area contributed by atoms with Gasteiger partial charge in [0.15, 0.2) is 0 Å². The summed E-state index contributed by atoms with van der Waals surface area (Å²) < 4.78 is 0. The molecule has 0 aliphatic heterocycles. The smallest absolute Gasteiger partial charge is 0.00163 e. The van der Waals surface area contributed by atoms with Gasteiger partial charge in [0, 0.05) is 0 Å². The third-order valence-corrected chi connectivity index (χ3v) is 3.72. The van der Waals surface area contributed by atoms with Crippen LogP contribution >= 0.6 is 0 Å². The molecule has 0 radical (unpaired) electrons. The van der Waals surface area contributed by atoms with E-state index in [2.05, 4.69) is 18.7 Å². The summed E-state index contributed by atoms with van der Waals surface area (Å²) in [6.45, 7) is 8.33. The molecule has 0 aromatic heterocycles. The molecule has 0 N–H and O–H groups in total. The lowest BCUT2D eigenvalue weighted by Crippen LogP contribution is -2.25. The maximum Gasteiger partial charge on any atom is -0.00163 e. The van der Waals surface area contributed by atoms with Crippen LogP contribution in [0.2, 0.25) is 0 Å². The fourth-order valence-electron chi connectivity index (χ4n) is 2.56. The second-order valence-electron chi connectivity index (χ2n) is 4.67. The quantitative estimate of drug-likeness (QED) is 0.608. The molecule has 0 atom stereocenters. The summed E-state index contributed by atoms with van der Waals surface area (Å²) in [5.41, 5.74) is 0. The standard InChI is InChI=1S/C13H27N/c1-3-14(4-2)12-11-13-9-7-5-6-8-10-13/h13H,3-12H2,1-2H3. The van der Waals surface area contributed by atoms with Crippen LogP contribution in [0, 0.1) is 5.92 Å². The molecule has 1 aliphatic carbocycles. The highest BCUT2D eigenvalue weighted by Crippen LogP contribution is 2.25. The first-order chi connectivity index (χ1) is 6.86. The maximum absolute atomic E-state index is 2.56. The summed E-state index contributed by atoms with van der Waals surface area (Å²) in [7, 11) is 0. The van der Waals surface area contributed by atoms with Crippen molar-refractivity contribution in [3.63, 3.8) is 0 Å². The van der Waals surface area contributed by atoms with Gasteiger partial charge in [-0.3, -0.25) is 0 Å². The minimum Gasteiger partial charge on any atom is -0.304 e. The Hall–Kier alpha value is -0.0400. The molecule has 1 aliphatic rings. The highest BCUT2D eigenvalue weighted by molar-refractivity contribution is 4.66. The third-order valence-electron chi connectivity index (χ3n) is 3.72. The van der Waals surface area contributed by atoms with Crippen LogP contribution in [-0.4, -0.2) is 24.5 Å². The maximum atomic E-state index is 2.56. The van der Waals surface area contributed by atoms with E-state index in [0.29, 0.717) is 0 Å². The molecule has 0 saturated heterocycles. The SMILES string of the molecule is CCN(CC)CCC1CCCCCC1. The van der Waals surface area contributed by atoms with Gasteiger partial charge in [-0.2, -0.15) is 0 Å². The van der Waals surface area contributed by atoms with Crippen LogP contribution in [0.15, 0.2) is 0 Å². The van der Waals surface area contributed by atoms with Crippen molar-refractivity contribution in [1.82, 2.24) is 4.90 Å². The van der Waals surface area contributed by atoms with Crippen LogP contribution in [0.1, 0.15) is 58.8 Å². The molecule has 1 nitrogen and oxygen atoms in total. The zero-order valence-corrected chi connectivity index (χ0v) is 10.1. The average Bonchev–Trinajstić information content (AvgIpc) is 2.48. The summed E-state index contributed by atoms with van der Waals surface area (Å²) >= 11 is 0. The Morgan fingerprint density at radius 1 is 0.929 bits per heavy atom. The van der Waals surface area contributed by atoms with Crippen LogP contribution in [0.4, 0.5) is 0 Å². The van der Waals surface area contributed by atoms with E-state index in [0.717, 1.165) is 5.92 Å². The van der Waals surface area contributed by atoms with Gasteiger partial charge in [0.05, 0.1) is 0 Å². The average molecular weight is 197 g/mol. The molecular formula is C13H27N. The Kier molecular flexibility index (Phi) is 6.25. The van der Waals surface area contributed by atoms with Gasteiger partial charge in [-0.15, -0.1) is 0 Å². The topological polar surface area (TPSA) is 3.24 Å². The summed E-state index contributed by atoms with van der Waals surface area (Å²) in [4.78, 5) is 2.56. The third kappa shape index (κ3) is 4.45. The molecular weight excluding hydrogens is 170 g/mol. The first kappa shape index (κ1) is 12.0. The van der Waals surface area contributed by atoms with Crippen molar-refractivity contribution in [3.8, 4) is 0 Å². The summed E-state index contributed by atoms with van der Waals surface area (Å²) in [5, 5.41) is 0. The Bertz CT molecular complexity index is 121. The molecule has 1 heteroatoms. The molecule has 1 rings (SSSR count). The molecule has 1 fully saturated rings. The monoisotopic (exact) mass is 197 g/mol. The Morgan fingerprint density at radius 2 is 1.50 bits per heavy atom. The van der Waals surface area contributed by atoms with Crippen molar-refractivity contribution in [2.24, 2.45) is 5.92 Å². The van der Waals surface area contributed by atoms with E-state index in [4.69, 9.17) is 0 Å². The largest absolute Gasteiger partial charge is 0.304 e. The lowest BCUT2D eigenvalue weighted by Gasteiger charge is -2.21. The first-order valence-electron chi connectivity index (χ1n) is 6.59. The van der Waals surface area contributed by atoms with Crippen molar-refractivity contribution in [2.45, 2.75) is 58.8 Å². The van der Waals surface area contributed by atoms with Crippen molar-refractivity contribution in [2.75, 3.05) is 19.6 Å². The highest BCUT2D eigenvalue weighted by Gasteiger charge is 2.12. The second kappa shape index (κ2) is 7.28. The summed E-state index contributed by atoms with van der Waals surface area (Å²) in [6, 6.07) is 0. The van der Waals surface area contributed by atoms with Crippen molar-refractivity contribution in [1.29, 1.82) is 0 Å². The Morgan fingerprint density at radius 3 is 2.00 bits per heavy atom. The normalized spacial score (nSPS) is 19.9. The molecule has 0 aromatic carbocycles. The van der Waals surface area contributed by atoms with E-state index in [-0.39, 0.29) is 0 Å². The Labute approximate surface area is 89.9 Å². The van der Waals surface area contributed by atoms with Crippen LogP contribution in [0.25, 0.3) is 0 Å². The summed E-state index contributed by atoms with van der Waals surface area (Å²) in [6.07, 6.45) is 10.4. The first-order valence-corrected chi connectivity index (χ1v) is 6.59. The highest BCUT2D eigenvalue weighted by atomic mass is 15.1. The summed E-state index contributed by atoms with van der Waals surface area (Å²) in [5.74, 6) is 1.04. The zero-order valence-electron chi connectivity index (χ0n) is 10.1. The van der Waals surface area contributed by atoms with Crippen LogP contribution in [0.5, 0.6) is 0 Å². The van der Waals surface area contributed by atoms with Crippen LogP contribution in [0.3, 0.4) is 0 Å². The van der Waals surface area contributed by atoms with Crippen LogP contribution in [-0.2, 0) is 0 Å². The number of rotatable bonds is 5. The molecule has 0 amide bonds. The van der Waals surface area contributed by atoms with Crippen LogP contribution < -0.4 is 0 Å². The molecule has 84 valence electrons. The predicted octanol–water partition coefficient (Wildman–Crippen LogP) is 3.69. The van der Waals surface area contributed by atoms with Gasteiger partial charge in [-0.05, 0) is 32.0 Å². The lowest BCUT2D eigenvalue weighted by molar-refractivity contribution is 0.266. The van der Waals surface area contributed by atoms with Gasteiger partial charge in [-0.1, -0.05) is 52.4 Å². The predicted molar refractivity (Wildman–Crippen MR) is 63.6 cm³/mol. The van der Waals surface area contributed by atoms with Gasteiger partial charge in [0.1, 0.15) is 0 Å². The van der Waals surface area contributed by atoms with Crippen molar-refractivity contribution >= 4 is 0 Å². The molecule has 0 unspecified atom stereocenters. The molecule has 1 saturated carbocycles. The van der Waals surface area contributed by atoms with Gasteiger partial charge < -0.3 is 4.90 Å². The van der Waals surface area contributed by atoms with E-state index in [1.807, 2.05) is 0 Å². The van der Waals surface area contributed by atoms with E-state index in [1.54, 1.807) is 0 Å². The van der Waals surface area contributed by atoms with E-state index in [9.17, 15) is 0 Å². The van der Waals surface area contributed by atoms with Crippen molar-refractivity contribution in [3.05, 3.63) is 0 Å². The minimum atomic E-state index is 1.04. The van der Waals surface area contributed by atoms with Gasteiger partial charge in [0.2, 0.25) is 0 Å². The molecule has 0 aromatic rings. The second-order valence-corrected chi connectivity index (χ2v) is 4.67. The van der Waals surface area contributed by atoms with Gasteiger partial charge >= 0.3 is 0 Å². The molecule has 0 spiro atoms. The molecule has 0 bridgehead atoms. The Balaban J connectivity index is 2.14. The number of hydrogen-bond donors (Lipinski definition) is 0. The molecule has 14 heavy (non-hydrogen) atoms. The fourth-order valence-corrected chi connectivity index (χ4v) is 2.56. The number of nitrogens with zero attached hydrogens (tertiary/aromatic N) is 1. The van der Waals surface area contributed by atoms with E-state index in [1.165, 1.54) is 64.6 Å². The lowest BCUT2D eigenvalue weighted by atomic mass is 9.96. The van der Waals surface area contributed by atoms with E-state index >= 15 is 0 Å². The van der Waals surface area contributed by atoms with Gasteiger partial charge in [0.25, 0.3) is 0 Å². The number of hydrogen-bond acceptors (Lipinski definition) is 1.